The van der Waals surface area contributed by atoms with Crippen LogP contribution in [0, 0.1) is 0 Å². The monoisotopic (exact) mass is 335 g/mol. The summed E-state index contributed by atoms with van der Waals surface area (Å²) in [5, 5.41) is 16.6. The number of fused-ring (bicyclic) bond motifs is 1. The number of aromatic nitrogens is 2. The van der Waals surface area contributed by atoms with Crippen LogP contribution in [-0.4, -0.2) is 45.7 Å². The lowest BCUT2D eigenvalue weighted by molar-refractivity contribution is 0.0586. The van der Waals surface area contributed by atoms with Crippen molar-refractivity contribution in [3.05, 3.63) is 45.7 Å². The van der Waals surface area contributed by atoms with Crippen LogP contribution in [0.3, 0.4) is 0 Å². The average Bonchev–Trinajstić information content (AvgIpc) is 2.98. The van der Waals surface area contributed by atoms with Gasteiger partial charge in [0.15, 0.2) is 5.69 Å². The molecule has 0 saturated heterocycles. The summed E-state index contributed by atoms with van der Waals surface area (Å²) in [7, 11) is 1.28. The van der Waals surface area contributed by atoms with Gasteiger partial charge in [0.2, 0.25) is 0 Å². The van der Waals surface area contributed by atoms with E-state index in [4.69, 9.17) is 16.3 Å². The lowest BCUT2D eigenvalue weighted by Gasteiger charge is -2.27. The number of esters is 1. The van der Waals surface area contributed by atoms with E-state index in [1.807, 2.05) is 0 Å². The molecule has 1 aliphatic rings. The van der Waals surface area contributed by atoms with Crippen LogP contribution in [0.2, 0.25) is 5.02 Å². The fraction of sp³-hybridized carbons (Fsp3) is 0.267. The molecule has 2 N–H and O–H groups in total. The molecule has 0 unspecified atom stereocenters. The normalized spacial score (nSPS) is 13.6. The fourth-order valence-corrected chi connectivity index (χ4v) is 2.78. The third-order valence-corrected chi connectivity index (χ3v) is 4.11. The Bertz CT molecular complexity index is 787. The Hall–Kier alpha value is -2.54. The van der Waals surface area contributed by atoms with Crippen molar-refractivity contribution >= 4 is 23.5 Å². The lowest BCUT2D eigenvalue weighted by atomic mass is 10.0. The number of benzene rings is 1. The first-order valence-electron chi connectivity index (χ1n) is 6.93. The first-order chi connectivity index (χ1) is 11.0. The second-order valence-corrected chi connectivity index (χ2v) is 5.57. The molecule has 2 heterocycles. The molecular formula is C15H14ClN3O4. The van der Waals surface area contributed by atoms with Crippen LogP contribution in [-0.2, 0) is 17.7 Å². The van der Waals surface area contributed by atoms with E-state index in [1.165, 1.54) is 25.3 Å². The zero-order valence-electron chi connectivity index (χ0n) is 12.3. The molecule has 0 bridgehead atoms. The number of ether oxygens (including phenoxy) is 1. The highest BCUT2D eigenvalue weighted by atomic mass is 35.5. The number of phenols is 1. The summed E-state index contributed by atoms with van der Waals surface area (Å²) in [6.07, 6.45) is 0.543. The summed E-state index contributed by atoms with van der Waals surface area (Å²) in [4.78, 5) is 25.9. The molecule has 0 saturated carbocycles. The number of halogens is 1. The summed E-state index contributed by atoms with van der Waals surface area (Å²) in [6.45, 7) is 0.682. The summed E-state index contributed by atoms with van der Waals surface area (Å²) < 4.78 is 4.70. The summed E-state index contributed by atoms with van der Waals surface area (Å²) in [5.41, 5.74) is 1.87. The standard InChI is InChI=1S/C15H14ClN3O4/c1-23-15(22)13-10-7-19(5-4-12(10)17-18-13)14(21)9-6-8(20)2-3-11(9)16/h2-3,6,20H,4-5,7H2,1H3,(H,17,18). The molecule has 0 atom stereocenters. The number of hydrogen-bond donors (Lipinski definition) is 2. The van der Waals surface area contributed by atoms with Gasteiger partial charge in [0.1, 0.15) is 5.75 Å². The molecule has 1 aromatic carbocycles. The number of carbonyl (C=O) groups excluding carboxylic acids is 2. The van der Waals surface area contributed by atoms with Crippen molar-refractivity contribution in [1.82, 2.24) is 15.1 Å². The maximum atomic E-state index is 12.6. The van der Waals surface area contributed by atoms with E-state index in [0.29, 0.717) is 18.5 Å². The van der Waals surface area contributed by atoms with Crippen molar-refractivity contribution in [3.63, 3.8) is 0 Å². The molecule has 1 amide bonds. The molecule has 7 nitrogen and oxygen atoms in total. The quantitative estimate of drug-likeness (QED) is 0.815. The number of nitrogens with zero attached hydrogens (tertiary/aromatic N) is 2. The summed E-state index contributed by atoms with van der Waals surface area (Å²) in [5.74, 6) is -0.894. The highest BCUT2D eigenvalue weighted by Crippen LogP contribution is 2.26. The van der Waals surface area contributed by atoms with E-state index < -0.39 is 5.97 Å². The Kier molecular flexibility index (Phi) is 3.96. The minimum atomic E-state index is -0.549. The van der Waals surface area contributed by atoms with Crippen molar-refractivity contribution in [3.8, 4) is 5.75 Å². The average molecular weight is 336 g/mol. The molecule has 120 valence electrons. The molecule has 2 aromatic rings. The van der Waals surface area contributed by atoms with Gasteiger partial charge >= 0.3 is 5.97 Å². The third-order valence-electron chi connectivity index (χ3n) is 3.78. The van der Waals surface area contributed by atoms with Crippen molar-refractivity contribution < 1.29 is 19.4 Å². The van der Waals surface area contributed by atoms with Crippen molar-refractivity contribution in [2.24, 2.45) is 0 Å². The number of aromatic hydroxyl groups is 1. The van der Waals surface area contributed by atoms with Gasteiger partial charge in [-0.2, -0.15) is 5.10 Å². The minimum Gasteiger partial charge on any atom is -0.508 e. The van der Waals surface area contributed by atoms with E-state index in [-0.39, 0.29) is 34.5 Å². The predicted octanol–water partition coefficient (Wildman–Crippen LogP) is 1.75. The van der Waals surface area contributed by atoms with E-state index in [9.17, 15) is 14.7 Å². The van der Waals surface area contributed by atoms with E-state index in [2.05, 4.69) is 10.2 Å². The highest BCUT2D eigenvalue weighted by Gasteiger charge is 2.29. The Morgan fingerprint density at radius 2 is 2.22 bits per heavy atom. The van der Waals surface area contributed by atoms with Crippen LogP contribution in [0.5, 0.6) is 5.75 Å². The number of H-pyrrole nitrogens is 1. The second kappa shape index (κ2) is 5.92. The SMILES string of the molecule is COC(=O)c1n[nH]c2c1CN(C(=O)c1cc(O)ccc1Cl)CC2. The van der Waals surface area contributed by atoms with Crippen LogP contribution in [0.4, 0.5) is 0 Å². The number of carbonyl (C=O) groups is 2. The van der Waals surface area contributed by atoms with E-state index >= 15 is 0 Å². The molecule has 1 aromatic heterocycles. The van der Waals surface area contributed by atoms with Gasteiger partial charge in [-0.3, -0.25) is 9.89 Å². The van der Waals surface area contributed by atoms with Gasteiger partial charge in [0.25, 0.3) is 5.91 Å². The van der Waals surface area contributed by atoms with E-state index in [1.54, 1.807) is 4.90 Å². The fourth-order valence-electron chi connectivity index (χ4n) is 2.58. The zero-order valence-corrected chi connectivity index (χ0v) is 13.1. The number of amides is 1. The number of phenolic OH excluding ortho intramolecular Hbond substituents is 1. The van der Waals surface area contributed by atoms with Crippen molar-refractivity contribution in [2.45, 2.75) is 13.0 Å². The van der Waals surface area contributed by atoms with Crippen molar-refractivity contribution in [2.75, 3.05) is 13.7 Å². The first-order valence-corrected chi connectivity index (χ1v) is 7.31. The Morgan fingerprint density at radius 1 is 1.43 bits per heavy atom. The molecule has 0 radical (unpaired) electrons. The molecule has 0 spiro atoms. The number of hydrogen-bond acceptors (Lipinski definition) is 5. The van der Waals surface area contributed by atoms with Gasteiger partial charge in [-0.15, -0.1) is 0 Å². The topological polar surface area (TPSA) is 95.5 Å². The van der Waals surface area contributed by atoms with Gasteiger partial charge < -0.3 is 14.7 Å². The lowest BCUT2D eigenvalue weighted by Crippen LogP contribution is -2.36. The molecule has 0 fully saturated rings. The maximum absolute atomic E-state index is 12.6. The van der Waals surface area contributed by atoms with Crippen LogP contribution >= 0.6 is 11.6 Å². The predicted molar refractivity (Wildman–Crippen MR) is 81.5 cm³/mol. The largest absolute Gasteiger partial charge is 0.508 e. The molecule has 23 heavy (non-hydrogen) atoms. The van der Waals surface area contributed by atoms with Crippen LogP contribution in [0.15, 0.2) is 18.2 Å². The van der Waals surface area contributed by atoms with Gasteiger partial charge in [-0.25, -0.2) is 4.79 Å². The zero-order chi connectivity index (χ0) is 16.6. The van der Waals surface area contributed by atoms with Crippen LogP contribution < -0.4 is 0 Å². The smallest absolute Gasteiger partial charge is 0.358 e. The highest BCUT2D eigenvalue weighted by molar-refractivity contribution is 6.33. The van der Waals surface area contributed by atoms with Crippen LogP contribution in [0.25, 0.3) is 0 Å². The van der Waals surface area contributed by atoms with Gasteiger partial charge in [-0.05, 0) is 18.2 Å². The molecule has 8 heteroatoms. The molecule has 0 aliphatic carbocycles. The minimum absolute atomic E-state index is 0.0333. The van der Waals surface area contributed by atoms with E-state index in [0.717, 1.165) is 5.69 Å². The number of nitrogens with one attached hydrogen (secondary N) is 1. The van der Waals surface area contributed by atoms with Gasteiger partial charge in [0, 0.05) is 24.2 Å². The van der Waals surface area contributed by atoms with Gasteiger partial charge in [-0.1, -0.05) is 11.6 Å². The number of methoxy groups -OCH3 is 1. The van der Waals surface area contributed by atoms with Crippen LogP contribution in [0.1, 0.15) is 32.1 Å². The summed E-state index contributed by atoms with van der Waals surface area (Å²) >= 11 is 6.04. The molecule has 3 rings (SSSR count). The third kappa shape index (κ3) is 2.75. The maximum Gasteiger partial charge on any atom is 0.358 e. The first kappa shape index (κ1) is 15.4. The van der Waals surface area contributed by atoms with Gasteiger partial charge in [0.05, 0.1) is 24.2 Å². The molecular weight excluding hydrogens is 322 g/mol. The molecule has 1 aliphatic heterocycles. The number of rotatable bonds is 2. The number of aromatic amines is 1. The Labute approximate surface area is 136 Å². The summed E-state index contributed by atoms with van der Waals surface area (Å²) in [6, 6.07) is 4.22. The Morgan fingerprint density at radius 3 is 2.96 bits per heavy atom. The van der Waals surface area contributed by atoms with Crippen molar-refractivity contribution in [1.29, 1.82) is 0 Å². The second-order valence-electron chi connectivity index (χ2n) is 5.16. The Balaban J connectivity index is 1.89.